The highest BCUT2D eigenvalue weighted by atomic mass is 35.5. The summed E-state index contributed by atoms with van der Waals surface area (Å²) in [6.07, 6.45) is 2.56. The van der Waals surface area contributed by atoms with E-state index in [0.29, 0.717) is 16.5 Å². The minimum absolute atomic E-state index is 0.503. The molecule has 2 rings (SSSR count). The lowest BCUT2D eigenvalue weighted by molar-refractivity contribution is -0.131. The molecular formula is C11H9ClN2O2. The van der Waals surface area contributed by atoms with E-state index in [4.69, 9.17) is 16.7 Å². The van der Waals surface area contributed by atoms with Crippen LogP contribution in [0.4, 0.5) is 0 Å². The van der Waals surface area contributed by atoms with E-state index in [2.05, 4.69) is 4.98 Å². The number of carboxylic acid groups (broad SMARTS) is 1. The van der Waals surface area contributed by atoms with E-state index in [1.165, 1.54) is 6.08 Å². The minimum atomic E-state index is -0.999. The molecule has 4 nitrogen and oxygen atoms in total. The van der Waals surface area contributed by atoms with Gasteiger partial charge in [0.2, 0.25) is 0 Å². The summed E-state index contributed by atoms with van der Waals surface area (Å²) in [7, 11) is 0. The van der Waals surface area contributed by atoms with Crippen molar-refractivity contribution in [2.75, 3.05) is 0 Å². The maximum Gasteiger partial charge on any atom is 0.328 e. The standard InChI is InChI=1S/C11H9ClN2O2/c1-7-8(5-6-11(15)16)14-9(12)3-2-4-10(14)13-7/h2-6H,1H3,(H,15,16)/b6-5+. The molecule has 5 heteroatoms. The Kier molecular flexibility index (Phi) is 2.66. The number of nitrogens with zero attached hydrogens (tertiary/aromatic N) is 2. The highest BCUT2D eigenvalue weighted by molar-refractivity contribution is 6.29. The Morgan fingerprint density at radius 3 is 3.00 bits per heavy atom. The van der Waals surface area contributed by atoms with Crippen LogP contribution in [0.5, 0.6) is 0 Å². The summed E-state index contributed by atoms with van der Waals surface area (Å²) in [6.45, 7) is 1.81. The van der Waals surface area contributed by atoms with Crippen LogP contribution in [0.15, 0.2) is 24.3 Å². The van der Waals surface area contributed by atoms with Gasteiger partial charge < -0.3 is 5.11 Å². The SMILES string of the molecule is Cc1nc2cccc(Cl)n2c1/C=C/C(=O)O. The number of hydrogen-bond donors (Lipinski definition) is 1. The Morgan fingerprint density at radius 2 is 2.31 bits per heavy atom. The van der Waals surface area contributed by atoms with E-state index in [1.807, 2.05) is 13.0 Å². The lowest BCUT2D eigenvalue weighted by Gasteiger charge is -1.99. The molecule has 1 N–H and O–H groups in total. The van der Waals surface area contributed by atoms with Crippen LogP contribution < -0.4 is 0 Å². The van der Waals surface area contributed by atoms with Gasteiger partial charge in [-0.25, -0.2) is 9.78 Å². The lowest BCUT2D eigenvalue weighted by atomic mass is 10.3. The maximum atomic E-state index is 10.5. The van der Waals surface area contributed by atoms with Crippen LogP contribution in [0.2, 0.25) is 5.15 Å². The molecule has 2 aromatic rings. The van der Waals surface area contributed by atoms with Gasteiger partial charge in [-0.3, -0.25) is 4.40 Å². The van der Waals surface area contributed by atoms with Crippen LogP contribution in [0, 0.1) is 6.92 Å². The number of fused-ring (bicyclic) bond motifs is 1. The van der Waals surface area contributed by atoms with Crippen LogP contribution >= 0.6 is 11.6 Å². The summed E-state index contributed by atoms with van der Waals surface area (Å²) in [5.74, 6) is -0.999. The van der Waals surface area contributed by atoms with Gasteiger partial charge >= 0.3 is 5.97 Å². The highest BCUT2D eigenvalue weighted by Gasteiger charge is 2.08. The normalized spacial score (nSPS) is 11.4. The van der Waals surface area contributed by atoms with E-state index in [9.17, 15) is 4.79 Å². The minimum Gasteiger partial charge on any atom is -0.478 e. The van der Waals surface area contributed by atoms with Gasteiger partial charge in [-0.2, -0.15) is 0 Å². The topological polar surface area (TPSA) is 54.6 Å². The predicted molar refractivity (Wildman–Crippen MR) is 61.6 cm³/mol. The number of pyridine rings is 1. The molecule has 2 heterocycles. The van der Waals surface area contributed by atoms with Crippen LogP contribution in [-0.4, -0.2) is 20.5 Å². The monoisotopic (exact) mass is 236 g/mol. The summed E-state index contributed by atoms with van der Waals surface area (Å²) >= 11 is 6.03. The number of carbonyl (C=O) groups is 1. The third-order valence-electron chi connectivity index (χ3n) is 2.20. The molecule has 82 valence electrons. The molecule has 16 heavy (non-hydrogen) atoms. The van der Waals surface area contributed by atoms with Crippen molar-refractivity contribution >= 4 is 29.3 Å². The first-order chi connectivity index (χ1) is 7.59. The molecule has 0 bridgehead atoms. The van der Waals surface area contributed by atoms with Gasteiger partial charge in [0, 0.05) is 6.08 Å². The molecule has 0 unspecified atom stereocenters. The zero-order chi connectivity index (χ0) is 11.7. The highest BCUT2D eigenvalue weighted by Crippen LogP contribution is 2.19. The van der Waals surface area contributed by atoms with Gasteiger partial charge in [0.15, 0.2) is 0 Å². The molecule has 0 aliphatic carbocycles. The molecule has 2 aromatic heterocycles. The molecule has 0 amide bonds. The van der Waals surface area contributed by atoms with Crippen molar-refractivity contribution < 1.29 is 9.90 Å². The average molecular weight is 237 g/mol. The number of hydrogen-bond acceptors (Lipinski definition) is 2. The largest absolute Gasteiger partial charge is 0.478 e. The van der Waals surface area contributed by atoms with Crippen LogP contribution in [0.1, 0.15) is 11.4 Å². The first-order valence-corrected chi connectivity index (χ1v) is 5.02. The van der Waals surface area contributed by atoms with Gasteiger partial charge in [0.1, 0.15) is 10.8 Å². The number of imidazole rings is 1. The molecule has 0 saturated heterocycles. The zero-order valence-electron chi connectivity index (χ0n) is 8.51. The summed E-state index contributed by atoms with van der Waals surface area (Å²) in [5.41, 5.74) is 2.13. The van der Waals surface area contributed by atoms with Crippen LogP contribution in [0.25, 0.3) is 11.7 Å². The van der Waals surface area contributed by atoms with E-state index in [-0.39, 0.29) is 0 Å². The van der Waals surface area contributed by atoms with Crippen molar-refractivity contribution in [2.45, 2.75) is 6.92 Å². The van der Waals surface area contributed by atoms with Crippen LogP contribution in [-0.2, 0) is 4.79 Å². The van der Waals surface area contributed by atoms with E-state index in [1.54, 1.807) is 16.5 Å². The zero-order valence-corrected chi connectivity index (χ0v) is 9.27. The molecule has 0 aliphatic rings. The van der Waals surface area contributed by atoms with Crippen molar-refractivity contribution in [1.29, 1.82) is 0 Å². The molecule has 0 spiro atoms. The number of rotatable bonds is 2. The number of aliphatic carboxylic acids is 1. The molecule has 0 fully saturated rings. The molecule has 0 radical (unpaired) electrons. The number of carboxylic acids is 1. The number of halogens is 1. The first-order valence-electron chi connectivity index (χ1n) is 4.64. The fraction of sp³-hybridized carbons (Fsp3) is 0.0909. The Hall–Kier alpha value is -1.81. The summed E-state index contributed by atoms with van der Waals surface area (Å²) in [5, 5.41) is 9.10. The quantitative estimate of drug-likeness (QED) is 0.644. The second-order valence-corrected chi connectivity index (χ2v) is 3.68. The Morgan fingerprint density at radius 1 is 1.56 bits per heavy atom. The van der Waals surface area contributed by atoms with Gasteiger partial charge in [0.25, 0.3) is 0 Å². The molecule has 0 atom stereocenters. The summed E-state index contributed by atoms with van der Waals surface area (Å²) in [6, 6.07) is 5.35. The van der Waals surface area contributed by atoms with Crippen LogP contribution in [0.3, 0.4) is 0 Å². The Balaban J connectivity index is 2.68. The third-order valence-corrected chi connectivity index (χ3v) is 2.49. The lowest BCUT2D eigenvalue weighted by Crippen LogP contribution is -1.91. The molecule has 0 aromatic carbocycles. The van der Waals surface area contributed by atoms with Crippen molar-refractivity contribution in [1.82, 2.24) is 9.38 Å². The molecular weight excluding hydrogens is 228 g/mol. The van der Waals surface area contributed by atoms with Crippen molar-refractivity contribution in [3.8, 4) is 0 Å². The fourth-order valence-corrected chi connectivity index (χ4v) is 1.78. The average Bonchev–Trinajstić information content (AvgIpc) is 2.52. The molecule has 0 aliphatic heterocycles. The maximum absolute atomic E-state index is 10.5. The summed E-state index contributed by atoms with van der Waals surface area (Å²) in [4.78, 5) is 14.8. The Bertz CT molecular complexity index is 587. The fourth-order valence-electron chi connectivity index (χ4n) is 1.53. The van der Waals surface area contributed by atoms with Gasteiger partial charge in [-0.05, 0) is 25.1 Å². The Labute approximate surface area is 96.8 Å². The summed E-state index contributed by atoms with van der Waals surface area (Å²) < 4.78 is 1.70. The van der Waals surface area contributed by atoms with Gasteiger partial charge in [-0.1, -0.05) is 17.7 Å². The van der Waals surface area contributed by atoms with Gasteiger partial charge in [0.05, 0.1) is 11.4 Å². The molecule has 0 saturated carbocycles. The second kappa shape index (κ2) is 3.98. The van der Waals surface area contributed by atoms with E-state index in [0.717, 1.165) is 11.8 Å². The second-order valence-electron chi connectivity index (χ2n) is 3.30. The van der Waals surface area contributed by atoms with Crippen molar-refractivity contribution in [3.63, 3.8) is 0 Å². The van der Waals surface area contributed by atoms with Gasteiger partial charge in [-0.15, -0.1) is 0 Å². The number of aryl methyl sites for hydroxylation is 1. The first kappa shape index (κ1) is 10.7. The smallest absolute Gasteiger partial charge is 0.328 e. The van der Waals surface area contributed by atoms with Crippen molar-refractivity contribution in [3.05, 3.63) is 40.8 Å². The third kappa shape index (κ3) is 1.79. The van der Waals surface area contributed by atoms with E-state index < -0.39 is 5.97 Å². The van der Waals surface area contributed by atoms with E-state index >= 15 is 0 Å². The van der Waals surface area contributed by atoms with Crippen molar-refractivity contribution in [2.24, 2.45) is 0 Å². The predicted octanol–water partition coefficient (Wildman–Crippen LogP) is 2.39. The number of aromatic nitrogens is 2.